The predicted molar refractivity (Wildman–Crippen MR) is 254 cm³/mol. The number of esters is 2. The summed E-state index contributed by atoms with van der Waals surface area (Å²) in [6.45, 7) is 9.54. The van der Waals surface area contributed by atoms with E-state index in [0.29, 0.717) is 47.4 Å². The fourth-order valence-electron chi connectivity index (χ4n) is 12.0. The van der Waals surface area contributed by atoms with Crippen LogP contribution >= 0.6 is 11.8 Å². The van der Waals surface area contributed by atoms with E-state index in [2.05, 4.69) is 33.8 Å². The standard InChI is InChI=1S/C54H94O5S/c1-5-7-9-11-13-15-17-19-21-23-25-27-29-31-51(56)58-42-45(59-52(57)32-30-28-26-24-22-20-18-16-14-12-10-8-6-2)43-60-46-37-39-53(3)44(41-46)33-34-47-48-35-36-50(55)54(48,4)40-38-49(47)53/h33,45-49H,5-32,34-43H2,1-4H3/t45-,46-,47-,48-,49-,53-,54-/m0/s1. The van der Waals surface area contributed by atoms with E-state index in [1.165, 1.54) is 161 Å². The third-order valence-electron chi connectivity index (χ3n) is 16.0. The molecule has 0 bridgehead atoms. The Morgan fingerprint density at radius 3 is 1.63 bits per heavy atom. The smallest absolute Gasteiger partial charge is 0.306 e. The number of ether oxygens (including phenoxy) is 2. The highest BCUT2D eigenvalue weighted by Gasteiger charge is 2.58. The van der Waals surface area contributed by atoms with Crippen LogP contribution in [-0.4, -0.2) is 41.4 Å². The highest BCUT2D eigenvalue weighted by Crippen LogP contribution is 2.64. The number of hydrogen-bond donors (Lipinski definition) is 0. The van der Waals surface area contributed by atoms with Crippen molar-refractivity contribution in [3.05, 3.63) is 11.6 Å². The first-order chi connectivity index (χ1) is 29.2. The summed E-state index contributed by atoms with van der Waals surface area (Å²) in [5, 5.41) is 0.492. The van der Waals surface area contributed by atoms with Gasteiger partial charge in [-0.3, -0.25) is 14.4 Å². The highest BCUT2D eigenvalue weighted by molar-refractivity contribution is 7.99. The Morgan fingerprint density at radius 2 is 1.10 bits per heavy atom. The lowest BCUT2D eigenvalue weighted by atomic mass is 9.48. The van der Waals surface area contributed by atoms with Gasteiger partial charge in [0.05, 0.1) is 0 Å². The lowest BCUT2D eigenvalue weighted by Crippen LogP contribution is -2.50. The van der Waals surface area contributed by atoms with Crippen molar-refractivity contribution >= 4 is 29.5 Å². The molecule has 0 unspecified atom stereocenters. The van der Waals surface area contributed by atoms with E-state index in [0.717, 1.165) is 57.8 Å². The van der Waals surface area contributed by atoms with Gasteiger partial charge < -0.3 is 9.47 Å². The molecule has 0 aromatic carbocycles. The quantitative estimate of drug-likeness (QED) is 0.0365. The third kappa shape index (κ3) is 17.3. The number of allylic oxidation sites excluding steroid dienone is 2. The molecule has 4 aliphatic carbocycles. The summed E-state index contributed by atoms with van der Waals surface area (Å²) < 4.78 is 11.9. The first kappa shape index (κ1) is 51.3. The number of hydrogen-bond acceptors (Lipinski definition) is 6. The van der Waals surface area contributed by atoms with Gasteiger partial charge in [0, 0.05) is 35.7 Å². The molecule has 0 heterocycles. The molecular weight excluding hydrogens is 761 g/mol. The predicted octanol–water partition coefficient (Wildman–Crippen LogP) is 16.0. The van der Waals surface area contributed by atoms with E-state index in [-0.39, 0.29) is 29.4 Å². The normalized spacial score (nSPS) is 26.5. The minimum Gasteiger partial charge on any atom is -0.462 e. The second-order valence-electron chi connectivity index (χ2n) is 20.7. The number of Topliss-reactive ketones (excluding diaryl/α,β-unsaturated/α-hetero) is 1. The van der Waals surface area contributed by atoms with Crippen molar-refractivity contribution in [2.24, 2.45) is 28.6 Å². The minimum atomic E-state index is -0.394. The van der Waals surface area contributed by atoms with Crippen LogP contribution < -0.4 is 0 Å². The largest absolute Gasteiger partial charge is 0.462 e. The van der Waals surface area contributed by atoms with Gasteiger partial charge in [-0.2, -0.15) is 11.8 Å². The van der Waals surface area contributed by atoms with E-state index in [1.807, 2.05) is 11.8 Å². The zero-order chi connectivity index (χ0) is 42.9. The molecule has 0 aliphatic heterocycles. The van der Waals surface area contributed by atoms with Gasteiger partial charge in [-0.15, -0.1) is 0 Å². The first-order valence-electron chi connectivity index (χ1n) is 26.4. The summed E-state index contributed by atoms with van der Waals surface area (Å²) in [5.41, 5.74) is 1.81. The van der Waals surface area contributed by atoms with E-state index in [1.54, 1.807) is 5.57 Å². The van der Waals surface area contributed by atoms with Crippen molar-refractivity contribution in [2.45, 2.75) is 270 Å². The Labute approximate surface area is 374 Å². The van der Waals surface area contributed by atoms with E-state index >= 15 is 0 Å². The van der Waals surface area contributed by atoms with Crippen molar-refractivity contribution in [2.75, 3.05) is 12.4 Å². The van der Waals surface area contributed by atoms with Crippen LogP contribution in [0.2, 0.25) is 0 Å². The molecule has 0 N–H and O–H groups in total. The van der Waals surface area contributed by atoms with Gasteiger partial charge in [0.2, 0.25) is 0 Å². The van der Waals surface area contributed by atoms with Crippen LogP contribution in [0.4, 0.5) is 0 Å². The van der Waals surface area contributed by atoms with Crippen LogP contribution in [0.25, 0.3) is 0 Å². The summed E-state index contributed by atoms with van der Waals surface area (Å²) >= 11 is 1.93. The number of thioether (sulfide) groups is 1. The molecular formula is C54H94O5S. The molecule has 5 nitrogen and oxygen atoms in total. The summed E-state index contributed by atoms with van der Waals surface area (Å²) in [6.07, 6.45) is 45.2. The Morgan fingerprint density at radius 1 is 0.633 bits per heavy atom. The Hall–Kier alpha value is -1.30. The molecule has 0 aromatic heterocycles. The SMILES string of the molecule is CCCCCCCCCCCCCCCC(=O)OC[C@@H](CS[C@H]1CC[C@@]2(C)C(=CC[C@@H]3[C@@H]2CC[C@]2(C)C(=O)CC[C@@H]32)C1)OC(=O)CCCCCCCCCCCCCCC. The zero-order valence-electron chi connectivity index (χ0n) is 39.8. The maximum Gasteiger partial charge on any atom is 0.306 e. The average molecular weight is 855 g/mol. The van der Waals surface area contributed by atoms with Crippen molar-refractivity contribution in [1.82, 2.24) is 0 Å². The van der Waals surface area contributed by atoms with Crippen LogP contribution in [0.3, 0.4) is 0 Å². The van der Waals surface area contributed by atoms with Crippen LogP contribution in [0, 0.1) is 28.6 Å². The molecule has 346 valence electrons. The molecule has 3 fully saturated rings. The second-order valence-corrected chi connectivity index (χ2v) is 22.0. The molecule has 4 aliphatic rings. The maximum atomic E-state index is 13.1. The van der Waals surface area contributed by atoms with Crippen molar-refractivity contribution in [3.63, 3.8) is 0 Å². The van der Waals surface area contributed by atoms with Crippen molar-refractivity contribution in [3.8, 4) is 0 Å². The van der Waals surface area contributed by atoms with Gasteiger partial charge in [-0.1, -0.05) is 193 Å². The number of fused-ring (bicyclic) bond motifs is 5. The molecule has 0 spiro atoms. The fourth-order valence-corrected chi connectivity index (χ4v) is 13.2. The fraction of sp³-hybridized carbons (Fsp3) is 0.907. The van der Waals surface area contributed by atoms with Crippen LogP contribution in [0.5, 0.6) is 0 Å². The summed E-state index contributed by atoms with van der Waals surface area (Å²) in [4.78, 5) is 38.9. The number of ketones is 1. The monoisotopic (exact) mass is 855 g/mol. The summed E-state index contributed by atoms with van der Waals surface area (Å²) in [6, 6.07) is 0. The Bertz CT molecular complexity index is 1250. The third-order valence-corrected chi connectivity index (χ3v) is 17.4. The van der Waals surface area contributed by atoms with Gasteiger partial charge in [0.15, 0.2) is 0 Å². The molecule has 3 saturated carbocycles. The Balaban J connectivity index is 1.15. The van der Waals surface area contributed by atoms with Crippen LogP contribution in [0.15, 0.2) is 11.6 Å². The van der Waals surface area contributed by atoms with Crippen molar-refractivity contribution < 1.29 is 23.9 Å². The summed E-state index contributed by atoms with van der Waals surface area (Å²) in [5.74, 6) is 2.83. The number of rotatable bonds is 34. The molecule has 0 saturated heterocycles. The van der Waals surface area contributed by atoms with E-state index in [9.17, 15) is 14.4 Å². The van der Waals surface area contributed by atoms with Gasteiger partial charge in [-0.25, -0.2) is 0 Å². The molecule has 6 heteroatoms. The van der Waals surface area contributed by atoms with E-state index in [4.69, 9.17) is 9.47 Å². The number of carbonyl (C=O) groups excluding carboxylic acids is 3. The Kier molecular flexibility index (Phi) is 25.0. The minimum absolute atomic E-state index is 0.0785. The summed E-state index contributed by atoms with van der Waals surface area (Å²) in [7, 11) is 0. The highest BCUT2D eigenvalue weighted by atomic mass is 32.2. The van der Waals surface area contributed by atoms with Crippen LogP contribution in [0.1, 0.15) is 259 Å². The molecule has 0 radical (unpaired) electrons. The second kappa shape index (κ2) is 29.2. The maximum absolute atomic E-state index is 13.1. The van der Waals surface area contributed by atoms with Crippen molar-refractivity contribution in [1.29, 1.82) is 0 Å². The van der Waals surface area contributed by atoms with Gasteiger partial charge in [-0.05, 0) is 81.0 Å². The van der Waals surface area contributed by atoms with Gasteiger partial charge >= 0.3 is 11.9 Å². The average Bonchev–Trinajstić information content (AvgIpc) is 3.55. The lowest BCUT2D eigenvalue weighted by molar-refractivity contribution is -0.157. The van der Waals surface area contributed by atoms with Crippen LogP contribution in [-0.2, 0) is 23.9 Å². The van der Waals surface area contributed by atoms with Gasteiger partial charge in [0.1, 0.15) is 18.5 Å². The molecule has 7 atom stereocenters. The molecule has 0 amide bonds. The van der Waals surface area contributed by atoms with Gasteiger partial charge in [0.25, 0.3) is 0 Å². The zero-order valence-corrected chi connectivity index (χ0v) is 40.6. The van der Waals surface area contributed by atoms with E-state index < -0.39 is 6.10 Å². The topological polar surface area (TPSA) is 69.7 Å². The number of unbranched alkanes of at least 4 members (excludes halogenated alkanes) is 24. The number of carbonyl (C=O) groups is 3. The first-order valence-corrected chi connectivity index (χ1v) is 27.5. The molecule has 4 rings (SSSR count). The lowest BCUT2D eigenvalue weighted by Gasteiger charge is -2.57. The molecule has 0 aromatic rings. The molecule has 60 heavy (non-hydrogen) atoms.